The number of nitrogens with zero attached hydrogens (tertiary/aromatic N) is 3. The molecule has 0 saturated carbocycles. The van der Waals surface area contributed by atoms with E-state index in [0.717, 1.165) is 22.5 Å². The van der Waals surface area contributed by atoms with Gasteiger partial charge in [-0.1, -0.05) is 17.7 Å². The first-order chi connectivity index (χ1) is 13.9. The van der Waals surface area contributed by atoms with Gasteiger partial charge in [-0.3, -0.25) is 14.7 Å². The molecule has 1 aromatic heterocycles. The highest BCUT2D eigenvalue weighted by Crippen LogP contribution is 2.28. The van der Waals surface area contributed by atoms with Crippen LogP contribution in [-0.4, -0.2) is 41.0 Å². The number of carbonyl (C=O) groups excluding carboxylic acids is 2. The minimum atomic E-state index is -0.229. The number of aromatic nitrogens is 2. The van der Waals surface area contributed by atoms with Crippen molar-refractivity contribution in [1.29, 1.82) is 0 Å². The Morgan fingerprint density at radius 2 is 1.66 bits per heavy atom. The number of hydrogen-bond donors (Lipinski definition) is 2. The molecule has 0 bridgehead atoms. The van der Waals surface area contributed by atoms with E-state index in [2.05, 4.69) is 15.5 Å². The van der Waals surface area contributed by atoms with Crippen LogP contribution in [0.3, 0.4) is 0 Å². The minimum absolute atomic E-state index is 0.0360. The molecule has 2 heterocycles. The lowest BCUT2D eigenvalue weighted by atomic mass is 10.1. The molecule has 0 spiro atoms. The van der Waals surface area contributed by atoms with Crippen LogP contribution in [-0.2, 0) is 13.1 Å². The van der Waals surface area contributed by atoms with Crippen molar-refractivity contribution in [3.63, 3.8) is 0 Å². The molecule has 7 heteroatoms. The number of fused-ring (bicyclic) bond motifs is 1. The van der Waals surface area contributed by atoms with E-state index in [1.807, 2.05) is 62.3 Å². The summed E-state index contributed by atoms with van der Waals surface area (Å²) >= 11 is 0. The normalized spacial score (nSPS) is 12.6. The van der Waals surface area contributed by atoms with Gasteiger partial charge in [-0.05, 0) is 43.3 Å². The van der Waals surface area contributed by atoms with Gasteiger partial charge >= 0.3 is 0 Å². The number of H-pyrrole nitrogens is 1. The molecule has 1 aliphatic heterocycles. The maximum Gasteiger partial charge on any atom is 0.256 e. The van der Waals surface area contributed by atoms with Gasteiger partial charge in [-0.25, -0.2) is 0 Å². The first-order valence-electron chi connectivity index (χ1n) is 9.43. The Morgan fingerprint density at radius 3 is 2.31 bits per heavy atom. The molecule has 4 rings (SSSR count). The number of carbonyl (C=O) groups is 2. The van der Waals surface area contributed by atoms with E-state index >= 15 is 0 Å². The number of nitrogens with one attached hydrogen (secondary N) is 2. The van der Waals surface area contributed by atoms with E-state index in [-0.39, 0.29) is 11.8 Å². The zero-order valence-corrected chi connectivity index (χ0v) is 16.7. The maximum atomic E-state index is 12.8. The van der Waals surface area contributed by atoms with Crippen LogP contribution in [0.1, 0.15) is 37.5 Å². The summed E-state index contributed by atoms with van der Waals surface area (Å²) in [4.78, 5) is 29.1. The standard InChI is InChI=1S/C22H23N5O2/c1-14-4-6-16(7-5-14)22(29)27-12-18-19(13-27)24-25-20(18)23-21(28)15-8-10-17(11-9-15)26(2)3/h4-11H,12-13H2,1-3H3,(H2,23,24,25,28). The third kappa shape index (κ3) is 3.71. The van der Waals surface area contributed by atoms with Crippen LogP contribution in [0.5, 0.6) is 0 Å². The number of aryl methyl sites for hydroxylation is 1. The van der Waals surface area contributed by atoms with Crippen LogP contribution < -0.4 is 10.2 Å². The van der Waals surface area contributed by atoms with E-state index in [1.54, 1.807) is 17.0 Å². The SMILES string of the molecule is Cc1ccc(C(=O)N2Cc3[nH]nc(NC(=O)c4ccc(N(C)C)cc4)c3C2)cc1. The number of amides is 2. The lowest BCUT2D eigenvalue weighted by molar-refractivity contribution is 0.0749. The van der Waals surface area contributed by atoms with Gasteiger partial charge in [0.1, 0.15) is 0 Å². The van der Waals surface area contributed by atoms with Crippen molar-refractivity contribution >= 4 is 23.3 Å². The van der Waals surface area contributed by atoms with Crippen molar-refractivity contribution in [2.24, 2.45) is 0 Å². The molecule has 2 N–H and O–H groups in total. The van der Waals surface area contributed by atoms with Crippen LogP contribution in [0, 0.1) is 6.92 Å². The zero-order chi connectivity index (χ0) is 20.5. The number of rotatable bonds is 4. The summed E-state index contributed by atoms with van der Waals surface area (Å²) in [5, 5.41) is 10.0. The second-order valence-electron chi connectivity index (χ2n) is 7.45. The Bertz CT molecular complexity index is 1050. The molecule has 0 saturated heterocycles. The molecule has 0 atom stereocenters. The second-order valence-corrected chi connectivity index (χ2v) is 7.45. The molecule has 7 nitrogen and oxygen atoms in total. The van der Waals surface area contributed by atoms with E-state index < -0.39 is 0 Å². The summed E-state index contributed by atoms with van der Waals surface area (Å²) < 4.78 is 0. The number of anilines is 2. The molecule has 3 aromatic rings. The molecular formula is C22H23N5O2. The Balaban J connectivity index is 1.46. The van der Waals surface area contributed by atoms with Gasteiger partial charge in [0, 0.05) is 36.5 Å². The van der Waals surface area contributed by atoms with Gasteiger partial charge in [0.25, 0.3) is 11.8 Å². The van der Waals surface area contributed by atoms with Crippen molar-refractivity contribution in [3.05, 3.63) is 76.5 Å². The molecule has 0 radical (unpaired) electrons. The van der Waals surface area contributed by atoms with E-state index in [9.17, 15) is 9.59 Å². The Labute approximate surface area is 169 Å². The second kappa shape index (κ2) is 7.43. The topological polar surface area (TPSA) is 81.3 Å². The highest BCUT2D eigenvalue weighted by molar-refractivity contribution is 6.04. The fraction of sp³-hybridized carbons (Fsp3) is 0.227. The number of aromatic amines is 1. The first kappa shape index (κ1) is 18.7. The predicted molar refractivity (Wildman–Crippen MR) is 112 cm³/mol. The van der Waals surface area contributed by atoms with Gasteiger partial charge in [0.05, 0.1) is 18.8 Å². The molecule has 2 aromatic carbocycles. The predicted octanol–water partition coefficient (Wildman–Crippen LogP) is 3.19. The molecule has 0 aliphatic carbocycles. The summed E-state index contributed by atoms with van der Waals surface area (Å²) in [7, 11) is 3.90. The average molecular weight is 389 g/mol. The Morgan fingerprint density at radius 1 is 1.00 bits per heavy atom. The van der Waals surface area contributed by atoms with Gasteiger partial charge < -0.3 is 15.1 Å². The fourth-order valence-corrected chi connectivity index (χ4v) is 3.36. The van der Waals surface area contributed by atoms with Crippen molar-refractivity contribution in [2.75, 3.05) is 24.3 Å². The van der Waals surface area contributed by atoms with E-state index in [1.165, 1.54) is 0 Å². The Hall–Kier alpha value is -3.61. The highest BCUT2D eigenvalue weighted by atomic mass is 16.2. The van der Waals surface area contributed by atoms with Crippen molar-refractivity contribution in [2.45, 2.75) is 20.0 Å². The first-order valence-corrected chi connectivity index (χ1v) is 9.43. The summed E-state index contributed by atoms with van der Waals surface area (Å²) in [5.74, 6) is 0.208. The summed E-state index contributed by atoms with van der Waals surface area (Å²) in [5.41, 5.74) is 5.04. The zero-order valence-electron chi connectivity index (χ0n) is 16.7. The molecule has 29 heavy (non-hydrogen) atoms. The van der Waals surface area contributed by atoms with E-state index in [0.29, 0.717) is 30.0 Å². The lowest BCUT2D eigenvalue weighted by Crippen LogP contribution is -2.26. The van der Waals surface area contributed by atoms with Crippen molar-refractivity contribution in [3.8, 4) is 0 Å². The smallest absolute Gasteiger partial charge is 0.256 e. The van der Waals surface area contributed by atoms with Crippen molar-refractivity contribution in [1.82, 2.24) is 15.1 Å². The monoisotopic (exact) mass is 389 g/mol. The van der Waals surface area contributed by atoms with Crippen LogP contribution in [0.2, 0.25) is 0 Å². The summed E-state index contributed by atoms with van der Waals surface area (Å²) in [6.07, 6.45) is 0. The van der Waals surface area contributed by atoms with Crippen LogP contribution in [0.25, 0.3) is 0 Å². The van der Waals surface area contributed by atoms with Crippen LogP contribution >= 0.6 is 0 Å². The third-order valence-corrected chi connectivity index (χ3v) is 5.11. The van der Waals surface area contributed by atoms with Crippen LogP contribution in [0.4, 0.5) is 11.5 Å². The number of benzene rings is 2. The molecule has 2 amide bonds. The van der Waals surface area contributed by atoms with E-state index in [4.69, 9.17) is 0 Å². The average Bonchev–Trinajstić information content (AvgIpc) is 3.30. The summed E-state index contributed by atoms with van der Waals surface area (Å²) in [6, 6.07) is 14.9. The molecule has 1 aliphatic rings. The fourth-order valence-electron chi connectivity index (χ4n) is 3.36. The van der Waals surface area contributed by atoms with Gasteiger partial charge in [0.15, 0.2) is 5.82 Å². The van der Waals surface area contributed by atoms with Gasteiger partial charge in [0.2, 0.25) is 0 Å². The van der Waals surface area contributed by atoms with Crippen LogP contribution in [0.15, 0.2) is 48.5 Å². The Kier molecular flexibility index (Phi) is 4.80. The summed E-state index contributed by atoms with van der Waals surface area (Å²) in [6.45, 7) is 2.85. The molecule has 0 fully saturated rings. The quantitative estimate of drug-likeness (QED) is 0.718. The van der Waals surface area contributed by atoms with Gasteiger partial charge in [-0.15, -0.1) is 0 Å². The number of hydrogen-bond acceptors (Lipinski definition) is 4. The highest BCUT2D eigenvalue weighted by Gasteiger charge is 2.29. The largest absolute Gasteiger partial charge is 0.378 e. The molecule has 0 unspecified atom stereocenters. The third-order valence-electron chi connectivity index (χ3n) is 5.11. The maximum absolute atomic E-state index is 12.8. The molecular weight excluding hydrogens is 366 g/mol. The minimum Gasteiger partial charge on any atom is -0.378 e. The van der Waals surface area contributed by atoms with Gasteiger partial charge in [-0.2, -0.15) is 5.10 Å². The van der Waals surface area contributed by atoms with Crippen molar-refractivity contribution < 1.29 is 9.59 Å². The molecule has 148 valence electrons. The lowest BCUT2D eigenvalue weighted by Gasteiger charge is -2.16.